The molecule has 47 heavy (non-hydrogen) atoms. The zero-order valence-corrected chi connectivity index (χ0v) is 28.1. The highest BCUT2D eigenvalue weighted by Crippen LogP contribution is 2.61. The van der Waals surface area contributed by atoms with E-state index in [1.54, 1.807) is 0 Å². The topological polar surface area (TPSA) is 64.4 Å². The summed E-state index contributed by atoms with van der Waals surface area (Å²) in [5.74, 6) is 2.57. The molecule has 6 heteroatoms. The number of halogens is 1. The van der Waals surface area contributed by atoms with Gasteiger partial charge in [-0.05, 0) is 136 Å². The highest BCUT2D eigenvalue weighted by Gasteiger charge is 2.51. The molecule has 0 unspecified atom stereocenters. The van der Waals surface area contributed by atoms with Crippen molar-refractivity contribution < 1.29 is 14.6 Å². The molecular weight excluding hydrogens is 604 g/mol. The third-order valence-electron chi connectivity index (χ3n) is 11.5. The first-order chi connectivity index (χ1) is 22.6. The molecule has 2 heterocycles. The van der Waals surface area contributed by atoms with Gasteiger partial charge in [-0.3, -0.25) is 4.79 Å². The summed E-state index contributed by atoms with van der Waals surface area (Å²) in [4.78, 5) is 17.4. The molecule has 5 aromatic rings. The summed E-state index contributed by atoms with van der Waals surface area (Å²) in [5, 5.41) is 13.3. The van der Waals surface area contributed by atoms with E-state index in [0.29, 0.717) is 30.0 Å². The number of nitrogens with zero attached hydrogens (tertiary/aromatic N) is 2. The van der Waals surface area contributed by atoms with Crippen LogP contribution in [0.15, 0.2) is 78.9 Å². The van der Waals surface area contributed by atoms with Crippen molar-refractivity contribution in [1.82, 2.24) is 9.55 Å². The summed E-state index contributed by atoms with van der Waals surface area (Å²) in [7, 11) is 0. The number of pyridine rings is 1. The Labute approximate surface area is 281 Å². The van der Waals surface area contributed by atoms with Crippen LogP contribution in [0.3, 0.4) is 0 Å². The summed E-state index contributed by atoms with van der Waals surface area (Å²) in [5.41, 5.74) is 5.97. The van der Waals surface area contributed by atoms with Gasteiger partial charge in [0.2, 0.25) is 0 Å². The first kappa shape index (κ1) is 30.5. The van der Waals surface area contributed by atoms with Gasteiger partial charge in [0.1, 0.15) is 12.4 Å². The summed E-state index contributed by atoms with van der Waals surface area (Å²) >= 11 is 6.27. The van der Waals surface area contributed by atoms with Gasteiger partial charge in [-0.2, -0.15) is 0 Å². The average Bonchev–Trinajstić information content (AvgIpc) is 3.30. The Hall–Kier alpha value is -3.83. The Morgan fingerprint density at radius 2 is 1.66 bits per heavy atom. The number of aromatic nitrogens is 2. The number of carboxylic acid groups (broad SMARTS) is 1. The Morgan fingerprint density at radius 1 is 0.957 bits per heavy atom. The molecule has 9 rings (SSSR count). The number of aliphatic carboxylic acids is 1. The summed E-state index contributed by atoms with van der Waals surface area (Å²) in [6, 6.07) is 26.8. The molecule has 0 radical (unpaired) electrons. The van der Waals surface area contributed by atoms with E-state index < -0.39 is 11.4 Å². The molecule has 4 aliphatic carbocycles. The second kappa shape index (κ2) is 11.7. The van der Waals surface area contributed by atoms with Gasteiger partial charge in [-0.15, -0.1) is 0 Å². The van der Waals surface area contributed by atoms with E-state index in [-0.39, 0.29) is 0 Å². The van der Waals surface area contributed by atoms with Crippen molar-refractivity contribution in [3.05, 3.63) is 106 Å². The standard InChI is InChI=1S/C41H43ClN2O3/c1-40(2,39(45)46)23-38-35(22-41-19-27-15-28(20-41)17-29(16-27)21-41)34-18-33(47-25-32-12-9-30-5-3-4-6-36(30)43-32)13-14-37(34)44(38)24-26-7-10-31(42)11-8-26/h3-14,18,27-29H,15-17,19-25H2,1-2H3,(H,45,46). The lowest BCUT2D eigenvalue weighted by Gasteiger charge is -2.57. The van der Waals surface area contributed by atoms with Gasteiger partial charge in [0.05, 0.1) is 16.6 Å². The van der Waals surface area contributed by atoms with E-state index >= 15 is 0 Å². The molecule has 1 N–H and O–H groups in total. The van der Waals surface area contributed by atoms with Crippen LogP contribution >= 0.6 is 11.6 Å². The molecule has 4 fully saturated rings. The SMILES string of the molecule is CC(C)(Cc1c(CC23CC4CC(CC(C4)C2)C3)c2cc(OCc3ccc4ccccc4n3)ccc2n1Cc1ccc(Cl)cc1)C(=O)O. The number of fused-ring (bicyclic) bond motifs is 2. The summed E-state index contributed by atoms with van der Waals surface area (Å²) in [6.45, 7) is 4.75. The minimum Gasteiger partial charge on any atom is -0.487 e. The molecule has 4 aliphatic rings. The quantitative estimate of drug-likeness (QED) is 0.164. The van der Waals surface area contributed by atoms with E-state index in [1.165, 1.54) is 49.5 Å². The molecule has 4 bridgehead atoms. The maximum absolute atomic E-state index is 12.6. The lowest BCUT2D eigenvalue weighted by molar-refractivity contribution is -0.146. The van der Waals surface area contributed by atoms with Crippen LogP contribution in [-0.4, -0.2) is 20.6 Å². The zero-order chi connectivity index (χ0) is 32.3. The largest absolute Gasteiger partial charge is 0.487 e. The van der Waals surface area contributed by atoms with Crippen LogP contribution in [0.1, 0.15) is 74.9 Å². The van der Waals surface area contributed by atoms with Crippen LogP contribution in [0.2, 0.25) is 5.02 Å². The van der Waals surface area contributed by atoms with Crippen LogP contribution in [0.4, 0.5) is 0 Å². The van der Waals surface area contributed by atoms with E-state index in [9.17, 15) is 9.90 Å². The monoisotopic (exact) mass is 646 g/mol. The van der Waals surface area contributed by atoms with Crippen molar-refractivity contribution in [3.8, 4) is 5.75 Å². The highest BCUT2D eigenvalue weighted by molar-refractivity contribution is 6.30. The Bertz CT molecular complexity index is 1940. The van der Waals surface area contributed by atoms with E-state index in [1.807, 2.05) is 50.2 Å². The van der Waals surface area contributed by atoms with E-state index in [4.69, 9.17) is 21.3 Å². The maximum atomic E-state index is 12.6. The number of carbonyl (C=O) groups is 1. The lowest BCUT2D eigenvalue weighted by atomic mass is 9.48. The number of para-hydroxylation sites is 1. The van der Waals surface area contributed by atoms with Crippen LogP contribution in [0, 0.1) is 28.6 Å². The Morgan fingerprint density at radius 3 is 2.36 bits per heavy atom. The number of hydrogen-bond donors (Lipinski definition) is 1. The fraction of sp³-hybridized carbons (Fsp3) is 0.415. The number of ether oxygens (including phenoxy) is 1. The van der Waals surface area contributed by atoms with Crippen molar-refractivity contribution in [2.75, 3.05) is 0 Å². The van der Waals surface area contributed by atoms with Gasteiger partial charge < -0.3 is 14.4 Å². The molecule has 0 amide bonds. The van der Waals surface area contributed by atoms with E-state index in [0.717, 1.165) is 63.3 Å². The van der Waals surface area contributed by atoms with Crippen molar-refractivity contribution in [2.45, 2.75) is 78.4 Å². The number of hydrogen-bond acceptors (Lipinski definition) is 3. The summed E-state index contributed by atoms with van der Waals surface area (Å²) < 4.78 is 8.82. The van der Waals surface area contributed by atoms with Crippen LogP contribution in [-0.2, 0) is 30.8 Å². The van der Waals surface area contributed by atoms with Crippen molar-refractivity contribution in [3.63, 3.8) is 0 Å². The molecule has 0 spiro atoms. The lowest BCUT2D eigenvalue weighted by Crippen LogP contribution is -2.47. The minimum atomic E-state index is -0.913. The predicted octanol–water partition coefficient (Wildman–Crippen LogP) is 9.88. The molecule has 242 valence electrons. The molecule has 4 saturated carbocycles. The third kappa shape index (κ3) is 5.92. The van der Waals surface area contributed by atoms with Crippen LogP contribution in [0.5, 0.6) is 5.75 Å². The second-order valence-corrected chi connectivity index (χ2v) is 16.0. The first-order valence-corrected chi connectivity index (χ1v) is 17.6. The van der Waals surface area contributed by atoms with Gasteiger partial charge in [-0.25, -0.2) is 4.98 Å². The Balaban J connectivity index is 1.22. The molecule has 0 aliphatic heterocycles. The smallest absolute Gasteiger partial charge is 0.309 e. The Kier molecular flexibility index (Phi) is 7.59. The second-order valence-electron chi connectivity index (χ2n) is 15.6. The molecular formula is C41H43ClN2O3. The fourth-order valence-corrected chi connectivity index (χ4v) is 9.75. The fourth-order valence-electron chi connectivity index (χ4n) is 9.62. The molecule has 0 saturated heterocycles. The van der Waals surface area contributed by atoms with Gasteiger partial charge in [-0.1, -0.05) is 48.0 Å². The highest BCUT2D eigenvalue weighted by atomic mass is 35.5. The first-order valence-electron chi connectivity index (χ1n) is 17.2. The third-order valence-corrected chi connectivity index (χ3v) is 11.7. The van der Waals surface area contributed by atoms with Gasteiger partial charge in [0, 0.05) is 40.0 Å². The van der Waals surface area contributed by atoms with Crippen LogP contribution in [0.25, 0.3) is 21.8 Å². The van der Waals surface area contributed by atoms with Gasteiger partial charge >= 0.3 is 5.97 Å². The maximum Gasteiger partial charge on any atom is 0.309 e. The zero-order valence-electron chi connectivity index (χ0n) is 27.3. The van der Waals surface area contributed by atoms with E-state index in [2.05, 4.69) is 47.0 Å². The van der Waals surface area contributed by atoms with Crippen molar-refractivity contribution in [1.29, 1.82) is 0 Å². The summed E-state index contributed by atoms with van der Waals surface area (Å²) in [6.07, 6.45) is 9.56. The molecule has 3 aromatic carbocycles. The normalized spacial score (nSPS) is 23.5. The van der Waals surface area contributed by atoms with Gasteiger partial charge in [0.25, 0.3) is 0 Å². The van der Waals surface area contributed by atoms with Crippen molar-refractivity contribution >= 4 is 39.4 Å². The van der Waals surface area contributed by atoms with Crippen molar-refractivity contribution in [2.24, 2.45) is 28.6 Å². The molecule has 2 aromatic heterocycles. The minimum absolute atomic E-state index is 0.294. The molecule has 0 atom stereocenters. The number of rotatable bonds is 10. The molecule has 5 nitrogen and oxygen atoms in total. The predicted molar refractivity (Wildman–Crippen MR) is 188 cm³/mol. The number of carboxylic acids is 1. The average molecular weight is 647 g/mol. The number of benzene rings is 3. The van der Waals surface area contributed by atoms with Gasteiger partial charge in [0.15, 0.2) is 0 Å². The van der Waals surface area contributed by atoms with Crippen LogP contribution < -0.4 is 4.74 Å².